The number of rotatable bonds is 5. The van der Waals surface area contributed by atoms with Gasteiger partial charge in [-0.05, 0) is 56.8 Å². The zero-order chi connectivity index (χ0) is 15.6. The Labute approximate surface area is 140 Å². The van der Waals surface area contributed by atoms with Crippen molar-refractivity contribution in [2.75, 3.05) is 6.61 Å². The predicted octanol–water partition coefficient (Wildman–Crippen LogP) is 3.97. The summed E-state index contributed by atoms with van der Waals surface area (Å²) in [6.07, 6.45) is 3.07. The second-order valence-corrected chi connectivity index (χ2v) is 6.82. The fourth-order valence-corrected chi connectivity index (χ4v) is 2.99. The van der Waals surface area contributed by atoms with Crippen molar-refractivity contribution in [2.24, 2.45) is 0 Å². The Morgan fingerprint density at radius 1 is 1.29 bits per heavy atom. The summed E-state index contributed by atoms with van der Waals surface area (Å²) >= 11 is 6.90. The second-order valence-electron chi connectivity index (χ2n) is 5.11. The minimum Gasteiger partial charge on any atom is -0.394 e. The van der Waals surface area contributed by atoms with E-state index in [0.717, 1.165) is 19.8 Å². The van der Waals surface area contributed by atoms with Crippen molar-refractivity contribution in [3.8, 4) is 0 Å². The smallest absolute Gasteiger partial charge is 0.253 e. The van der Waals surface area contributed by atoms with Gasteiger partial charge in [-0.25, -0.2) is 0 Å². The molecule has 1 amide bonds. The van der Waals surface area contributed by atoms with Crippen LogP contribution >= 0.6 is 31.9 Å². The maximum atomic E-state index is 12.5. The molecule has 0 atom stereocenters. The number of aliphatic hydroxyl groups is 1. The summed E-state index contributed by atoms with van der Waals surface area (Å²) < 4.78 is 1.82. The van der Waals surface area contributed by atoms with Crippen molar-refractivity contribution in [1.82, 2.24) is 10.3 Å². The first-order chi connectivity index (χ1) is 9.96. The van der Waals surface area contributed by atoms with E-state index in [9.17, 15) is 9.90 Å². The zero-order valence-corrected chi connectivity index (χ0v) is 15.1. The molecule has 0 radical (unpaired) electrons. The number of aromatic amines is 1. The standard InChI is InChI=1S/C15H18Br2N2O2/c1-3-15(4-2,8-20)19-14(21)10-7-18-13-6-12(17)11(16)5-9(10)13/h5-7,18,20H,3-4,8H2,1-2H3,(H,19,21). The molecule has 0 bridgehead atoms. The van der Waals surface area contributed by atoms with Gasteiger partial charge in [-0.3, -0.25) is 4.79 Å². The van der Waals surface area contributed by atoms with E-state index in [0.29, 0.717) is 18.4 Å². The Hall–Kier alpha value is -0.850. The Kier molecular flexibility index (Phi) is 5.11. The van der Waals surface area contributed by atoms with Gasteiger partial charge in [-0.15, -0.1) is 0 Å². The number of nitrogens with one attached hydrogen (secondary N) is 2. The van der Waals surface area contributed by atoms with Crippen molar-refractivity contribution < 1.29 is 9.90 Å². The zero-order valence-electron chi connectivity index (χ0n) is 12.0. The van der Waals surface area contributed by atoms with Crippen LogP contribution in [-0.4, -0.2) is 28.1 Å². The molecule has 114 valence electrons. The van der Waals surface area contributed by atoms with E-state index >= 15 is 0 Å². The van der Waals surface area contributed by atoms with E-state index in [1.54, 1.807) is 6.20 Å². The van der Waals surface area contributed by atoms with Crippen LogP contribution in [0.4, 0.5) is 0 Å². The highest BCUT2D eigenvalue weighted by Gasteiger charge is 2.28. The molecule has 1 aromatic carbocycles. The monoisotopic (exact) mass is 416 g/mol. The Morgan fingerprint density at radius 3 is 2.48 bits per heavy atom. The van der Waals surface area contributed by atoms with E-state index in [1.807, 2.05) is 26.0 Å². The summed E-state index contributed by atoms with van der Waals surface area (Å²) in [7, 11) is 0. The Morgan fingerprint density at radius 2 is 1.90 bits per heavy atom. The number of benzene rings is 1. The van der Waals surface area contributed by atoms with Crippen LogP contribution in [0, 0.1) is 0 Å². The lowest BCUT2D eigenvalue weighted by atomic mass is 9.93. The molecule has 0 saturated carbocycles. The number of hydrogen-bond acceptors (Lipinski definition) is 2. The number of fused-ring (bicyclic) bond motifs is 1. The van der Waals surface area contributed by atoms with Crippen LogP contribution < -0.4 is 5.32 Å². The minimum atomic E-state index is -0.562. The van der Waals surface area contributed by atoms with Gasteiger partial charge in [0.1, 0.15) is 0 Å². The highest BCUT2D eigenvalue weighted by molar-refractivity contribution is 9.13. The number of aromatic nitrogens is 1. The van der Waals surface area contributed by atoms with Gasteiger partial charge in [0, 0.05) is 26.0 Å². The summed E-state index contributed by atoms with van der Waals surface area (Å²) in [5.41, 5.74) is 0.906. The molecule has 0 aliphatic carbocycles. The van der Waals surface area contributed by atoms with Crippen molar-refractivity contribution in [3.05, 3.63) is 32.8 Å². The summed E-state index contributed by atoms with van der Waals surface area (Å²) in [6, 6.07) is 3.83. The topological polar surface area (TPSA) is 65.1 Å². The largest absolute Gasteiger partial charge is 0.394 e. The average molecular weight is 418 g/mol. The highest BCUT2D eigenvalue weighted by atomic mass is 79.9. The quantitative estimate of drug-likeness (QED) is 0.688. The summed E-state index contributed by atoms with van der Waals surface area (Å²) in [5, 5.41) is 13.4. The molecule has 0 unspecified atom stereocenters. The molecule has 3 N–H and O–H groups in total. The molecule has 0 fully saturated rings. The molecule has 21 heavy (non-hydrogen) atoms. The van der Waals surface area contributed by atoms with Gasteiger partial charge < -0.3 is 15.4 Å². The van der Waals surface area contributed by atoms with Gasteiger partial charge in [-0.2, -0.15) is 0 Å². The number of aliphatic hydroxyl groups excluding tert-OH is 1. The van der Waals surface area contributed by atoms with Crippen LogP contribution in [-0.2, 0) is 0 Å². The van der Waals surface area contributed by atoms with Crippen LogP contribution in [0.1, 0.15) is 37.0 Å². The van der Waals surface area contributed by atoms with Crippen LogP contribution in [0.5, 0.6) is 0 Å². The molecule has 2 aromatic rings. The highest BCUT2D eigenvalue weighted by Crippen LogP contribution is 2.30. The Balaban J connectivity index is 2.38. The fraction of sp³-hybridized carbons (Fsp3) is 0.400. The van der Waals surface area contributed by atoms with Gasteiger partial charge in [0.05, 0.1) is 17.7 Å². The third-order valence-corrected chi connectivity index (χ3v) is 5.85. The maximum Gasteiger partial charge on any atom is 0.253 e. The molecule has 0 aliphatic rings. The maximum absolute atomic E-state index is 12.5. The van der Waals surface area contributed by atoms with Crippen LogP contribution in [0.2, 0.25) is 0 Å². The van der Waals surface area contributed by atoms with Crippen molar-refractivity contribution in [2.45, 2.75) is 32.2 Å². The number of amides is 1. The first kappa shape index (κ1) is 16.5. The first-order valence-electron chi connectivity index (χ1n) is 6.86. The molecule has 2 rings (SSSR count). The van der Waals surface area contributed by atoms with E-state index in [4.69, 9.17) is 0 Å². The average Bonchev–Trinajstić information content (AvgIpc) is 2.88. The van der Waals surface area contributed by atoms with Crippen molar-refractivity contribution >= 4 is 48.7 Å². The lowest BCUT2D eigenvalue weighted by Crippen LogP contribution is -2.50. The van der Waals surface area contributed by atoms with E-state index in [-0.39, 0.29) is 12.5 Å². The first-order valence-corrected chi connectivity index (χ1v) is 8.44. The number of hydrogen-bond donors (Lipinski definition) is 3. The summed E-state index contributed by atoms with van der Waals surface area (Å²) in [5.74, 6) is -0.173. The summed E-state index contributed by atoms with van der Waals surface area (Å²) in [6.45, 7) is 3.86. The molecule has 4 nitrogen and oxygen atoms in total. The van der Waals surface area contributed by atoms with Crippen molar-refractivity contribution in [3.63, 3.8) is 0 Å². The van der Waals surface area contributed by atoms with Crippen molar-refractivity contribution in [1.29, 1.82) is 0 Å². The van der Waals surface area contributed by atoms with Gasteiger partial charge in [0.25, 0.3) is 5.91 Å². The molecule has 1 aromatic heterocycles. The Bertz CT molecular complexity index is 655. The normalized spacial score (nSPS) is 11.9. The lowest BCUT2D eigenvalue weighted by Gasteiger charge is -2.30. The third kappa shape index (κ3) is 3.17. The number of halogens is 2. The fourth-order valence-electron chi connectivity index (χ4n) is 2.30. The van der Waals surface area contributed by atoms with Gasteiger partial charge in [0.15, 0.2) is 0 Å². The minimum absolute atomic E-state index is 0.0661. The second kappa shape index (κ2) is 6.50. The molecular formula is C15H18Br2N2O2. The molecule has 0 aliphatic heterocycles. The van der Waals surface area contributed by atoms with E-state index < -0.39 is 5.54 Å². The van der Waals surface area contributed by atoms with Gasteiger partial charge >= 0.3 is 0 Å². The lowest BCUT2D eigenvalue weighted by molar-refractivity contribution is 0.0819. The predicted molar refractivity (Wildman–Crippen MR) is 91.6 cm³/mol. The van der Waals surface area contributed by atoms with Crippen LogP contribution in [0.25, 0.3) is 10.9 Å². The van der Waals surface area contributed by atoms with Gasteiger partial charge in [0.2, 0.25) is 0 Å². The van der Waals surface area contributed by atoms with Gasteiger partial charge in [-0.1, -0.05) is 13.8 Å². The van der Waals surface area contributed by atoms with E-state index in [2.05, 4.69) is 42.2 Å². The number of carbonyl (C=O) groups excluding carboxylic acids is 1. The SMILES string of the molecule is CCC(CC)(CO)NC(=O)c1c[nH]c2cc(Br)c(Br)cc12. The molecular weight excluding hydrogens is 400 g/mol. The number of carbonyl (C=O) groups is 1. The van der Waals surface area contributed by atoms with Crippen LogP contribution in [0.3, 0.4) is 0 Å². The van der Waals surface area contributed by atoms with E-state index in [1.165, 1.54) is 0 Å². The molecule has 0 saturated heterocycles. The third-order valence-electron chi connectivity index (χ3n) is 4.00. The molecule has 6 heteroatoms. The molecule has 0 spiro atoms. The van der Waals surface area contributed by atoms with Crippen LogP contribution in [0.15, 0.2) is 27.3 Å². The number of H-pyrrole nitrogens is 1. The summed E-state index contributed by atoms with van der Waals surface area (Å²) in [4.78, 5) is 15.6. The molecule has 1 heterocycles.